The predicted molar refractivity (Wildman–Crippen MR) is 55.2 cm³/mol. The molecule has 0 aliphatic heterocycles. The molecule has 0 heterocycles. The summed E-state index contributed by atoms with van der Waals surface area (Å²) in [5.41, 5.74) is 0. The summed E-state index contributed by atoms with van der Waals surface area (Å²) in [4.78, 5) is 0. The van der Waals surface area contributed by atoms with Crippen molar-refractivity contribution in [3.05, 3.63) is 0 Å². The molecule has 0 aliphatic rings. The summed E-state index contributed by atoms with van der Waals surface area (Å²) in [5.74, 6) is 0.564. The molecule has 4 nitrogen and oxygen atoms in total. The maximum atomic E-state index is 11.3. The fourth-order valence-corrected chi connectivity index (χ4v) is 1.79. The second kappa shape index (κ2) is 5.80. The van der Waals surface area contributed by atoms with Gasteiger partial charge in [0.25, 0.3) is 10.2 Å². The van der Waals surface area contributed by atoms with Crippen LogP contribution >= 0.6 is 11.6 Å². The van der Waals surface area contributed by atoms with Gasteiger partial charge in [-0.15, -0.1) is 11.6 Å². The highest BCUT2D eigenvalue weighted by molar-refractivity contribution is 7.87. The lowest BCUT2D eigenvalue weighted by atomic mass is 10.2. The third-order valence-corrected chi connectivity index (χ3v) is 3.53. The van der Waals surface area contributed by atoms with Crippen molar-refractivity contribution in [2.45, 2.75) is 25.8 Å². The number of nitrogens with one attached hydrogen (secondary N) is 1. The second-order valence-electron chi connectivity index (χ2n) is 3.14. The van der Waals surface area contributed by atoms with Crippen LogP contribution in [-0.4, -0.2) is 38.7 Å². The Morgan fingerprint density at radius 3 is 2.38 bits per heavy atom. The van der Waals surface area contributed by atoms with Gasteiger partial charge < -0.3 is 0 Å². The van der Waals surface area contributed by atoms with E-state index in [0.29, 0.717) is 5.88 Å². The minimum atomic E-state index is -3.29. The van der Waals surface area contributed by atoms with Crippen LogP contribution in [0.5, 0.6) is 0 Å². The molecule has 0 rings (SSSR count). The van der Waals surface area contributed by atoms with Gasteiger partial charge in [0, 0.05) is 26.0 Å². The molecule has 13 heavy (non-hydrogen) atoms. The van der Waals surface area contributed by atoms with Crippen molar-refractivity contribution in [3.63, 3.8) is 0 Å². The summed E-state index contributed by atoms with van der Waals surface area (Å²) in [5, 5.41) is 0. The zero-order valence-corrected chi connectivity index (χ0v) is 9.82. The molecule has 1 unspecified atom stereocenters. The van der Waals surface area contributed by atoms with Gasteiger partial charge in [-0.25, -0.2) is 0 Å². The number of nitrogens with zero attached hydrogens (tertiary/aromatic N) is 1. The summed E-state index contributed by atoms with van der Waals surface area (Å²) in [6, 6.07) is -0.0638. The van der Waals surface area contributed by atoms with E-state index in [-0.39, 0.29) is 6.04 Å². The Bertz CT molecular complexity index is 229. The van der Waals surface area contributed by atoms with E-state index in [1.54, 1.807) is 0 Å². The molecule has 80 valence electrons. The fourth-order valence-electron chi connectivity index (χ4n) is 0.802. The Labute approximate surface area is 85.4 Å². The van der Waals surface area contributed by atoms with Gasteiger partial charge in [0.2, 0.25) is 0 Å². The van der Waals surface area contributed by atoms with Gasteiger partial charge in [-0.3, -0.25) is 0 Å². The van der Waals surface area contributed by atoms with Gasteiger partial charge in [-0.2, -0.15) is 17.4 Å². The molecule has 0 aliphatic carbocycles. The average molecular weight is 229 g/mol. The van der Waals surface area contributed by atoms with Crippen LogP contribution in [0.2, 0.25) is 0 Å². The number of rotatable bonds is 6. The first-order chi connectivity index (χ1) is 5.90. The van der Waals surface area contributed by atoms with E-state index in [1.165, 1.54) is 14.1 Å². The molecule has 0 aromatic rings. The highest BCUT2D eigenvalue weighted by atomic mass is 35.5. The van der Waals surface area contributed by atoms with Crippen LogP contribution in [0.1, 0.15) is 19.8 Å². The highest BCUT2D eigenvalue weighted by Crippen LogP contribution is 2.00. The summed E-state index contributed by atoms with van der Waals surface area (Å²) in [6.07, 6.45) is 1.58. The maximum absolute atomic E-state index is 11.3. The molecule has 0 aromatic carbocycles. The van der Waals surface area contributed by atoms with E-state index in [2.05, 4.69) is 4.72 Å². The molecule has 0 bridgehead atoms. The van der Waals surface area contributed by atoms with Gasteiger partial charge in [0.1, 0.15) is 0 Å². The van der Waals surface area contributed by atoms with E-state index in [9.17, 15) is 8.42 Å². The Balaban J connectivity index is 3.98. The largest absolute Gasteiger partial charge is 0.279 e. The van der Waals surface area contributed by atoms with E-state index >= 15 is 0 Å². The van der Waals surface area contributed by atoms with Gasteiger partial charge in [-0.1, -0.05) is 0 Å². The molecule has 1 atom stereocenters. The number of halogens is 1. The van der Waals surface area contributed by atoms with Gasteiger partial charge >= 0.3 is 0 Å². The summed E-state index contributed by atoms with van der Waals surface area (Å²) in [7, 11) is -0.294. The predicted octanol–water partition coefficient (Wildman–Crippen LogP) is 0.790. The van der Waals surface area contributed by atoms with Crippen LogP contribution in [0.4, 0.5) is 0 Å². The fraction of sp³-hybridized carbons (Fsp3) is 1.00. The normalized spacial score (nSPS) is 14.8. The van der Waals surface area contributed by atoms with Crippen molar-refractivity contribution in [1.29, 1.82) is 0 Å². The lowest BCUT2D eigenvalue weighted by molar-refractivity contribution is 0.484. The average Bonchev–Trinajstić information content (AvgIpc) is 1.99. The van der Waals surface area contributed by atoms with Crippen LogP contribution in [0.3, 0.4) is 0 Å². The molecule has 6 heteroatoms. The minimum Gasteiger partial charge on any atom is -0.199 e. The molecule has 0 saturated carbocycles. The molecule has 0 amide bonds. The monoisotopic (exact) mass is 228 g/mol. The Morgan fingerprint density at radius 2 is 2.00 bits per heavy atom. The van der Waals surface area contributed by atoms with Crippen LogP contribution in [0, 0.1) is 0 Å². The van der Waals surface area contributed by atoms with Gasteiger partial charge in [0.15, 0.2) is 0 Å². The molecule has 1 N–H and O–H groups in total. The van der Waals surface area contributed by atoms with Crippen molar-refractivity contribution < 1.29 is 8.42 Å². The molecular formula is C7H17ClN2O2S. The quantitative estimate of drug-likeness (QED) is 0.684. The molecule has 0 fully saturated rings. The number of hydrogen-bond donors (Lipinski definition) is 1. The third kappa shape index (κ3) is 5.46. The molecule has 0 saturated heterocycles. The zero-order chi connectivity index (χ0) is 10.5. The second-order valence-corrected chi connectivity index (χ2v) is 5.43. The Kier molecular flexibility index (Phi) is 5.87. The molecular weight excluding hydrogens is 212 g/mol. The van der Waals surface area contributed by atoms with E-state index in [0.717, 1.165) is 17.1 Å². The Hall–Kier alpha value is 0.160. The first kappa shape index (κ1) is 13.2. The van der Waals surface area contributed by atoms with Crippen LogP contribution in [0.15, 0.2) is 0 Å². The van der Waals surface area contributed by atoms with Crippen molar-refractivity contribution in [2.24, 2.45) is 0 Å². The van der Waals surface area contributed by atoms with Crippen molar-refractivity contribution in [2.75, 3.05) is 20.0 Å². The maximum Gasteiger partial charge on any atom is 0.279 e. The molecule has 0 spiro atoms. The summed E-state index contributed by atoms with van der Waals surface area (Å²) < 4.78 is 26.3. The summed E-state index contributed by atoms with van der Waals surface area (Å²) >= 11 is 5.49. The van der Waals surface area contributed by atoms with E-state index in [4.69, 9.17) is 11.6 Å². The van der Waals surface area contributed by atoms with Crippen LogP contribution in [0.25, 0.3) is 0 Å². The van der Waals surface area contributed by atoms with E-state index in [1.807, 2.05) is 6.92 Å². The van der Waals surface area contributed by atoms with Crippen LogP contribution < -0.4 is 4.72 Å². The van der Waals surface area contributed by atoms with Crippen molar-refractivity contribution >= 4 is 21.8 Å². The van der Waals surface area contributed by atoms with E-state index < -0.39 is 10.2 Å². The lowest BCUT2D eigenvalue weighted by Crippen LogP contribution is -2.40. The summed E-state index contributed by atoms with van der Waals surface area (Å²) in [6.45, 7) is 1.83. The zero-order valence-electron chi connectivity index (χ0n) is 8.25. The van der Waals surface area contributed by atoms with Gasteiger partial charge in [0.05, 0.1) is 0 Å². The number of alkyl halides is 1. The van der Waals surface area contributed by atoms with Crippen molar-refractivity contribution in [3.8, 4) is 0 Å². The van der Waals surface area contributed by atoms with Crippen LogP contribution in [-0.2, 0) is 10.2 Å². The number of hydrogen-bond acceptors (Lipinski definition) is 2. The SMILES string of the molecule is CC(CCCCl)NS(=O)(=O)N(C)C. The minimum absolute atomic E-state index is 0.0638. The van der Waals surface area contributed by atoms with Crippen molar-refractivity contribution in [1.82, 2.24) is 9.03 Å². The first-order valence-corrected chi connectivity index (χ1v) is 6.13. The lowest BCUT2D eigenvalue weighted by Gasteiger charge is -2.17. The topological polar surface area (TPSA) is 49.4 Å². The first-order valence-electron chi connectivity index (χ1n) is 4.16. The third-order valence-electron chi connectivity index (χ3n) is 1.60. The molecule has 0 radical (unpaired) electrons. The smallest absolute Gasteiger partial charge is 0.199 e. The molecule has 0 aromatic heterocycles. The standard InChI is InChI=1S/C7H17ClN2O2S/c1-7(5-4-6-8)9-13(11,12)10(2)3/h7,9H,4-6H2,1-3H3. The Morgan fingerprint density at radius 1 is 1.46 bits per heavy atom. The highest BCUT2D eigenvalue weighted by Gasteiger charge is 2.15. The van der Waals surface area contributed by atoms with Gasteiger partial charge in [-0.05, 0) is 19.8 Å².